The lowest BCUT2D eigenvalue weighted by Crippen LogP contribution is -2.30. The van der Waals surface area contributed by atoms with E-state index in [2.05, 4.69) is 26.1 Å². The number of thiophene rings is 1. The Kier molecular flexibility index (Phi) is 7.79. The van der Waals surface area contributed by atoms with Gasteiger partial charge in [-0.25, -0.2) is 4.79 Å². The van der Waals surface area contributed by atoms with Crippen LogP contribution in [0.3, 0.4) is 0 Å². The Balaban J connectivity index is 1.84. The molecule has 0 spiro atoms. The SMILES string of the molecule is CCOC(=O)c1c(NC(=O)[C@@H](C)Oc2ccc(Cl)cc2Cl)sc2c1CC[C@H](C(C)(C)C)C2. The summed E-state index contributed by atoms with van der Waals surface area (Å²) in [5, 5.41) is 4.22. The normalized spacial score (nSPS) is 16.8. The fourth-order valence-electron chi connectivity index (χ4n) is 3.86. The summed E-state index contributed by atoms with van der Waals surface area (Å²) in [5.41, 5.74) is 1.65. The molecule has 174 valence electrons. The van der Waals surface area contributed by atoms with Gasteiger partial charge in [0, 0.05) is 9.90 Å². The van der Waals surface area contributed by atoms with Gasteiger partial charge < -0.3 is 14.8 Å². The third kappa shape index (κ3) is 5.59. The Morgan fingerprint density at radius 3 is 2.62 bits per heavy atom. The molecule has 8 heteroatoms. The lowest BCUT2D eigenvalue weighted by molar-refractivity contribution is -0.122. The van der Waals surface area contributed by atoms with Gasteiger partial charge in [-0.1, -0.05) is 44.0 Å². The molecule has 2 aromatic rings. The first-order valence-corrected chi connectivity index (χ1v) is 12.3. The Bertz CT molecular complexity index is 1010. The third-order valence-electron chi connectivity index (χ3n) is 5.77. The predicted octanol–water partition coefficient (Wildman–Crippen LogP) is 6.79. The quantitative estimate of drug-likeness (QED) is 0.446. The molecule has 0 fully saturated rings. The van der Waals surface area contributed by atoms with Gasteiger partial charge in [-0.2, -0.15) is 0 Å². The molecular formula is C24H29Cl2NO4S. The van der Waals surface area contributed by atoms with Gasteiger partial charge in [-0.15, -0.1) is 11.3 Å². The number of nitrogens with one attached hydrogen (secondary N) is 1. The number of hydrogen-bond donors (Lipinski definition) is 1. The van der Waals surface area contributed by atoms with E-state index in [-0.39, 0.29) is 17.9 Å². The number of anilines is 1. The number of carbonyl (C=O) groups is 2. The average molecular weight is 498 g/mol. The van der Waals surface area contributed by atoms with E-state index in [1.165, 1.54) is 11.3 Å². The number of amides is 1. The maximum Gasteiger partial charge on any atom is 0.341 e. The molecule has 0 bridgehead atoms. The van der Waals surface area contributed by atoms with Gasteiger partial charge in [0.25, 0.3) is 5.91 Å². The van der Waals surface area contributed by atoms with Gasteiger partial charge in [0.05, 0.1) is 17.2 Å². The van der Waals surface area contributed by atoms with Gasteiger partial charge in [-0.05, 0) is 68.2 Å². The summed E-state index contributed by atoms with van der Waals surface area (Å²) in [6.07, 6.45) is 1.86. The highest BCUT2D eigenvalue weighted by atomic mass is 35.5. The van der Waals surface area contributed by atoms with Crippen molar-refractivity contribution in [2.45, 2.75) is 60.0 Å². The zero-order valence-corrected chi connectivity index (χ0v) is 21.3. The number of hydrogen-bond acceptors (Lipinski definition) is 5. The van der Waals surface area contributed by atoms with E-state index in [1.807, 2.05) is 0 Å². The highest BCUT2D eigenvalue weighted by molar-refractivity contribution is 7.17. The van der Waals surface area contributed by atoms with E-state index in [9.17, 15) is 9.59 Å². The van der Waals surface area contributed by atoms with Crippen molar-refractivity contribution >= 4 is 51.4 Å². The summed E-state index contributed by atoms with van der Waals surface area (Å²) in [4.78, 5) is 26.8. The van der Waals surface area contributed by atoms with Crippen LogP contribution >= 0.6 is 34.5 Å². The smallest absolute Gasteiger partial charge is 0.341 e. The van der Waals surface area contributed by atoms with Gasteiger partial charge >= 0.3 is 5.97 Å². The highest BCUT2D eigenvalue weighted by Crippen LogP contribution is 2.44. The lowest BCUT2D eigenvalue weighted by Gasteiger charge is -2.33. The van der Waals surface area contributed by atoms with Gasteiger partial charge in [0.2, 0.25) is 0 Å². The molecule has 1 aliphatic rings. The van der Waals surface area contributed by atoms with E-state index >= 15 is 0 Å². The number of esters is 1. The van der Waals surface area contributed by atoms with Crippen LogP contribution in [0.5, 0.6) is 5.75 Å². The zero-order valence-electron chi connectivity index (χ0n) is 19.0. The minimum Gasteiger partial charge on any atom is -0.479 e. The van der Waals surface area contributed by atoms with Crippen LogP contribution in [0.4, 0.5) is 5.00 Å². The Labute approximate surface area is 203 Å². The third-order valence-corrected chi connectivity index (χ3v) is 7.47. The van der Waals surface area contributed by atoms with E-state index in [0.717, 1.165) is 29.7 Å². The van der Waals surface area contributed by atoms with E-state index in [1.54, 1.807) is 32.0 Å². The molecule has 2 atom stereocenters. The number of halogens is 2. The molecule has 0 aliphatic heterocycles. The first-order chi connectivity index (χ1) is 15.0. The van der Waals surface area contributed by atoms with Crippen molar-refractivity contribution in [2.24, 2.45) is 11.3 Å². The highest BCUT2D eigenvalue weighted by Gasteiger charge is 2.35. The second kappa shape index (κ2) is 10.0. The number of rotatable bonds is 6. The number of carbonyl (C=O) groups excluding carboxylic acids is 2. The minimum absolute atomic E-state index is 0.176. The molecule has 1 N–H and O–H groups in total. The molecule has 0 radical (unpaired) electrons. The average Bonchev–Trinajstić information content (AvgIpc) is 3.06. The molecule has 1 aliphatic carbocycles. The molecule has 5 nitrogen and oxygen atoms in total. The summed E-state index contributed by atoms with van der Waals surface area (Å²) in [5.74, 6) is 0.112. The number of ether oxygens (including phenoxy) is 2. The first-order valence-electron chi connectivity index (χ1n) is 10.8. The van der Waals surface area contributed by atoms with E-state index in [0.29, 0.717) is 32.3 Å². The van der Waals surface area contributed by atoms with Crippen molar-refractivity contribution in [1.82, 2.24) is 0 Å². The van der Waals surface area contributed by atoms with Crippen molar-refractivity contribution in [3.05, 3.63) is 44.2 Å². The predicted molar refractivity (Wildman–Crippen MR) is 130 cm³/mol. The van der Waals surface area contributed by atoms with Gasteiger partial charge in [0.1, 0.15) is 10.8 Å². The van der Waals surface area contributed by atoms with Gasteiger partial charge in [0.15, 0.2) is 6.10 Å². The molecular weight excluding hydrogens is 469 g/mol. The van der Waals surface area contributed by atoms with Crippen molar-refractivity contribution in [3.63, 3.8) is 0 Å². The van der Waals surface area contributed by atoms with Crippen LogP contribution in [0.2, 0.25) is 10.0 Å². The van der Waals surface area contributed by atoms with Crippen LogP contribution in [0.25, 0.3) is 0 Å². The van der Waals surface area contributed by atoms with Gasteiger partial charge in [-0.3, -0.25) is 4.79 Å². The molecule has 1 heterocycles. The second-order valence-corrected chi connectivity index (χ2v) is 11.0. The fraction of sp³-hybridized carbons (Fsp3) is 0.500. The number of benzene rings is 1. The standard InChI is InChI=1S/C24H29Cl2NO4S/c1-6-30-23(29)20-16-9-7-14(24(3,4)5)11-19(16)32-22(20)27-21(28)13(2)31-18-10-8-15(25)12-17(18)26/h8,10,12-14H,6-7,9,11H2,1-5H3,(H,27,28)/t13-,14+/m1/s1. The molecule has 0 saturated heterocycles. The van der Waals surface area contributed by atoms with Crippen molar-refractivity contribution in [2.75, 3.05) is 11.9 Å². The molecule has 1 aromatic carbocycles. The van der Waals surface area contributed by atoms with Crippen LogP contribution in [-0.2, 0) is 22.4 Å². The molecule has 1 aromatic heterocycles. The van der Waals surface area contributed by atoms with Crippen LogP contribution < -0.4 is 10.1 Å². The van der Waals surface area contributed by atoms with E-state index in [4.69, 9.17) is 32.7 Å². The Hall–Kier alpha value is -1.76. The maximum absolute atomic E-state index is 12.9. The van der Waals surface area contributed by atoms with Crippen molar-refractivity contribution in [3.8, 4) is 5.75 Å². The Morgan fingerprint density at radius 2 is 2.00 bits per heavy atom. The van der Waals surface area contributed by atoms with Crippen LogP contribution in [0, 0.1) is 11.3 Å². The van der Waals surface area contributed by atoms with Crippen LogP contribution in [-0.4, -0.2) is 24.6 Å². The molecule has 0 saturated carbocycles. The van der Waals surface area contributed by atoms with Crippen LogP contribution in [0.15, 0.2) is 18.2 Å². The summed E-state index contributed by atoms with van der Waals surface area (Å²) in [6, 6.07) is 4.82. The summed E-state index contributed by atoms with van der Waals surface area (Å²) >= 11 is 13.5. The maximum atomic E-state index is 12.9. The number of fused-ring (bicyclic) bond motifs is 1. The molecule has 32 heavy (non-hydrogen) atoms. The summed E-state index contributed by atoms with van der Waals surface area (Å²) < 4.78 is 11.0. The monoisotopic (exact) mass is 497 g/mol. The van der Waals surface area contributed by atoms with Crippen molar-refractivity contribution < 1.29 is 19.1 Å². The topological polar surface area (TPSA) is 64.6 Å². The summed E-state index contributed by atoms with van der Waals surface area (Å²) in [6.45, 7) is 10.4. The Morgan fingerprint density at radius 1 is 1.28 bits per heavy atom. The largest absolute Gasteiger partial charge is 0.479 e. The van der Waals surface area contributed by atoms with E-state index < -0.39 is 12.1 Å². The van der Waals surface area contributed by atoms with Crippen molar-refractivity contribution in [1.29, 1.82) is 0 Å². The molecule has 0 unspecified atom stereocenters. The molecule has 3 rings (SSSR count). The first kappa shape index (κ1) is 24.9. The lowest BCUT2D eigenvalue weighted by atomic mass is 9.72. The fourth-order valence-corrected chi connectivity index (χ4v) is 5.63. The summed E-state index contributed by atoms with van der Waals surface area (Å²) in [7, 11) is 0. The minimum atomic E-state index is -0.829. The second-order valence-electron chi connectivity index (χ2n) is 9.06. The molecule has 1 amide bonds. The van der Waals surface area contributed by atoms with Crippen LogP contribution in [0.1, 0.15) is 61.8 Å². The zero-order chi connectivity index (χ0) is 23.6.